The molecule has 9 heteroatoms. The van der Waals surface area contributed by atoms with Crippen molar-refractivity contribution >= 4 is 5.91 Å². The number of hydrogen-bond acceptors (Lipinski definition) is 4. The fraction of sp³-hybridized carbons (Fsp3) is 0.238. The van der Waals surface area contributed by atoms with E-state index in [9.17, 15) is 18.0 Å². The first-order valence-electron chi connectivity index (χ1n) is 9.22. The van der Waals surface area contributed by atoms with Crippen LogP contribution in [-0.2, 0) is 6.18 Å². The number of alkyl halides is 3. The second kappa shape index (κ2) is 7.74. The van der Waals surface area contributed by atoms with E-state index in [4.69, 9.17) is 9.47 Å². The van der Waals surface area contributed by atoms with Crippen LogP contribution in [0.4, 0.5) is 13.2 Å². The number of amides is 1. The van der Waals surface area contributed by atoms with Gasteiger partial charge in [-0.1, -0.05) is 18.2 Å². The predicted molar refractivity (Wildman–Crippen MR) is 102 cm³/mol. The molecule has 0 spiro atoms. The van der Waals surface area contributed by atoms with Crippen molar-refractivity contribution in [3.63, 3.8) is 0 Å². The van der Waals surface area contributed by atoms with Crippen LogP contribution in [0.25, 0.3) is 5.69 Å². The number of nitrogens with zero attached hydrogens (tertiary/aromatic N) is 2. The van der Waals surface area contributed by atoms with Crippen LogP contribution in [0.5, 0.6) is 11.5 Å². The Bertz CT molecular complexity index is 1080. The molecule has 0 radical (unpaired) electrons. The molecule has 156 valence electrons. The predicted octanol–water partition coefficient (Wildman–Crippen LogP) is 3.77. The van der Waals surface area contributed by atoms with Crippen molar-refractivity contribution in [1.82, 2.24) is 15.1 Å². The lowest BCUT2D eigenvalue weighted by atomic mass is 10.2. The molecule has 4 rings (SSSR count). The molecule has 1 atom stereocenters. The lowest BCUT2D eigenvalue weighted by molar-refractivity contribution is -0.137. The molecule has 3 aromatic rings. The summed E-state index contributed by atoms with van der Waals surface area (Å²) in [5.41, 5.74) is 0.139. The van der Waals surface area contributed by atoms with Gasteiger partial charge in [0.1, 0.15) is 12.7 Å². The van der Waals surface area contributed by atoms with Crippen molar-refractivity contribution in [2.45, 2.75) is 19.2 Å². The van der Waals surface area contributed by atoms with Crippen LogP contribution in [-0.4, -0.2) is 34.9 Å². The van der Waals surface area contributed by atoms with Gasteiger partial charge in [0, 0.05) is 0 Å². The van der Waals surface area contributed by atoms with E-state index < -0.39 is 17.6 Å². The summed E-state index contributed by atoms with van der Waals surface area (Å²) in [6.07, 6.45) is -3.49. The van der Waals surface area contributed by atoms with Crippen LogP contribution in [0.1, 0.15) is 21.6 Å². The van der Waals surface area contributed by atoms with E-state index in [1.54, 1.807) is 19.1 Å². The zero-order valence-corrected chi connectivity index (χ0v) is 15.9. The van der Waals surface area contributed by atoms with Crippen LogP contribution in [0.2, 0.25) is 0 Å². The quantitative estimate of drug-likeness (QED) is 0.702. The molecule has 1 aliphatic rings. The first kappa shape index (κ1) is 19.8. The van der Waals surface area contributed by atoms with Gasteiger partial charge in [0.25, 0.3) is 5.91 Å². The number of carbonyl (C=O) groups is 1. The van der Waals surface area contributed by atoms with E-state index in [2.05, 4.69) is 10.4 Å². The van der Waals surface area contributed by atoms with Crippen LogP contribution in [0.3, 0.4) is 0 Å². The maximum atomic E-state index is 13.0. The summed E-state index contributed by atoms with van der Waals surface area (Å²) in [5, 5.41) is 6.85. The number of para-hydroxylation sites is 2. The molecule has 0 bridgehead atoms. The van der Waals surface area contributed by atoms with Gasteiger partial charge in [0.15, 0.2) is 11.5 Å². The van der Waals surface area contributed by atoms with Gasteiger partial charge < -0.3 is 14.8 Å². The maximum Gasteiger partial charge on any atom is 0.416 e. The van der Waals surface area contributed by atoms with Crippen molar-refractivity contribution in [2.75, 3.05) is 13.2 Å². The van der Waals surface area contributed by atoms with Gasteiger partial charge in [-0.3, -0.25) is 4.79 Å². The molecule has 0 saturated heterocycles. The monoisotopic (exact) mass is 417 g/mol. The zero-order valence-electron chi connectivity index (χ0n) is 15.9. The van der Waals surface area contributed by atoms with Crippen LogP contribution >= 0.6 is 0 Å². The molecule has 1 aromatic heterocycles. The fourth-order valence-corrected chi connectivity index (χ4v) is 3.17. The van der Waals surface area contributed by atoms with Gasteiger partial charge in [-0.05, 0) is 37.3 Å². The highest BCUT2D eigenvalue weighted by Crippen LogP contribution is 2.31. The van der Waals surface area contributed by atoms with Crippen LogP contribution in [0.15, 0.2) is 54.7 Å². The van der Waals surface area contributed by atoms with Crippen molar-refractivity contribution in [1.29, 1.82) is 0 Å². The summed E-state index contributed by atoms with van der Waals surface area (Å²) in [6.45, 7) is 2.12. The minimum atomic E-state index is -4.46. The van der Waals surface area contributed by atoms with Crippen molar-refractivity contribution in [3.05, 3.63) is 71.5 Å². The maximum absolute atomic E-state index is 13.0. The highest BCUT2D eigenvalue weighted by atomic mass is 19.4. The van der Waals surface area contributed by atoms with E-state index in [1.165, 1.54) is 23.0 Å². The molecule has 6 nitrogen and oxygen atoms in total. The molecule has 1 N–H and O–H groups in total. The topological polar surface area (TPSA) is 65.4 Å². The van der Waals surface area contributed by atoms with Gasteiger partial charge in [0.2, 0.25) is 0 Å². The Hall–Kier alpha value is -3.49. The number of carbonyl (C=O) groups excluding carboxylic acids is 1. The van der Waals surface area contributed by atoms with Gasteiger partial charge in [-0.2, -0.15) is 18.3 Å². The Morgan fingerprint density at radius 3 is 2.73 bits per heavy atom. The number of rotatable bonds is 4. The van der Waals surface area contributed by atoms with Crippen molar-refractivity contribution < 1.29 is 27.4 Å². The van der Waals surface area contributed by atoms with Crippen LogP contribution < -0.4 is 14.8 Å². The van der Waals surface area contributed by atoms with E-state index in [0.717, 1.165) is 12.1 Å². The Morgan fingerprint density at radius 2 is 1.97 bits per heavy atom. The number of halogens is 3. The third kappa shape index (κ3) is 3.96. The Balaban J connectivity index is 1.45. The van der Waals surface area contributed by atoms with E-state index in [1.807, 2.05) is 12.1 Å². The molecule has 1 unspecified atom stereocenters. The number of benzene rings is 2. The Morgan fingerprint density at radius 1 is 1.20 bits per heavy atom. The average molecular weight is 417 g/mol. The molecule has 1 amide bonds. The standard InChI is InChI=1S/C21H18F3N3O3/c1-13-17(11-26-27(13)15-6-4-5-14(9-15)21(22,23)24)20(28)25-10-16-12-29-18-7-2-3-8-19(18)30-16/h2-9,11,16H,10,12H2,1H3,(H,25,28). The van der Waals surface area contributed by atoms with Crippen LogP contribution in [0, 0.1) is 6.92 Å². The van der Waals surface area contributed by atoms with Gasteiger partial charge in [-0.25, -0.2) is 4.68 Å². The van der Waals surface area contributed by atoms with E-state index in [-0.39, 0.29) is 23.9 Å². The summed E-state index contributed by atoms with van der Waals surface area (Å²) in [7, 11) is 0. The number of hydrogen-bond donors (Lipinski definition) is 1. The normalized spacial score (nSPS) is 15.7. The summed E-state index contributed by atoms with van der Waals surface area (Å²) in [5.74, 6) is 0.864. The minimum absolute atomic E-state index is 0.210. The summed E-state index contributed by atoms with van der Waals surface area (Å²) < 4.78 is 51.6. The van der Waals surface area contributed by atoms with Gasteiger partial charge in [0.05, 0.1) is 35.2 Å². The van der Waals surface area contributed by atoms with E-state index >= 15 is 0 Å². The van der Waals surface area contributed by atoms with Crippen molar-refractivity contribution in [2.24, 2.45) is 0 Å². The molecule has 0 fully saturated rings. The zero-order chi connectivity index (χ0) is 21.3. The van der Waals surface area contributed by atoms with Gasteiger partial charge >= 0.3 is 6.18 Å². The third-order valence-corrected chi connectivity index (χ3v) is 4.73. The Kier molecular flexibility index (Phi) is 5.11. The molecular weight excluding hydrogens is 399 g/mol. The highest BCUT2D eigenvalue weighted by Gasteiger charge is 2.31. The molecular formula is C21H18F3N3O3. The third-order valence-electron chi connectivity index (χ3n) is 4.73. The summed E-state index contributed by atoms with van der Waals surface area (Å²) in [4.78, 5) is 12.6. The lowest BCUT2D eigenvalue weighted by Crippen LogP contribution is -2.40. The van der Waals surface area contributed by atoms with Crippen molar-refractivity contribution in [3.8, 4) is 17.2 Å². The molecule has 1 aliphatic heterocycles. The molecule has 2 heterocycles. The first-order valence-corrected chi connectivity index (χ1v) is 9.22. The highest BCUT2D eigenvalue weighted by molar-refractivity contribution is 5.95. The molecule has 0 aliphatic carbocycles. The second-order valence-corrected chi connectivity index (χ2v) is 6.81. The number of nitrogens with one attached hydrogen (secondary N) is 1. The van der Waals surface area contributed by atoms with E-state index in [0.29, 0.717) is 23.8 Å². The largest absolute Gasteiger partial charge is 0.486 e. The fourth-order valence-electron chi connectivity index (χ4n) is 3.17. The van der Waals surface area contributed by atoms with Gasteiger partial charge in [-0.15, -0.1) is 0 Å². The number of ether oxygens (including phenoxy) is 2. The molecule has 2 aromatic carbocycles. The molecule has 30 heavy (non-hydrogen) atoms. The Labute approximate surface area is 170 Å². The lowest BCUT2D eigenvalue weighted by Gasteiger charge is -2.26. The molecule has 0 saturated carbocycles. The summed E-state index contributed by atoms with van der Waals surface area (Å²) in [6, 6.07) is 12.0. The number of fused-ring (bicyclic) bond motifs is 1. The number of aromatic nitrogens is 2. The second-order valence-electron chi connectivity index (χ2n) is 6.81. The first-order chi connectivity index (χ1) is 14.3. The average Bonchev–Trinajstić information content (AvgIpc) is 3.13. The minimum Gasteiger partial charge on any atom is -0.486 e. The smallest absolute Gasteiger partial charge is 0.416 e. The summed E-state index contributed by atoms with van der Waals surface area (Å²) >= 11 is 0. The SMILES string of the molecule is Cc1c(C(=O)NCC2COc3ccccc3O2)cnn1-c1cccc(C(F)(F)F)c1.